The predicted octanol–water partition coefficient (Wildman–Crippen LogP) is 6.65. The number of hydrogen-bond acceptors (Lipinski definition) is 6. The number of benzene rings is 2. The molecule has 0 bridgehead atoms. The molecule has 1 heterocycles. The Balaban J connectivity index is 1.65. The second kappa shape index (κ2) is 11.9. The first-order chi connectivity index (χ1) is 15.8. The van der Waals surface area contributed by atoms with Crippen LogP contribution < -0.4 is 14.2 Å². The highest BCUT2D eigenvalue weighted by molar-refractivity contribution is 9.10. The van der Waals surface area contributed by atoms with Crippen molar-refractivity contribution in [3.05, 3.63) is 56.9 Å². The molecule has 1 atom stereocenters. The Hall–Kier alpha value is -2.03. The summed E-state index contributed by atoms with van der Waals surface area (Å²) in [5, 5.41) is 0. The normalized spacial score (nSPS) is 15.8. The highest BCUT2D eigenvalue weighted by Crippen LogP contribution is 2.39. The highest BCUT2D eigenvalue weighted by atomic mass is 79.9. The van der Waals surface area contributed by atoms with Crippen LogP contribution in [0.5, 0.6) is 17.2 Å². The Morgan fingerprint density at radius 2 is 1.82 bits per heavy atom. The minimum atomic E-state index is -0.103. The minimum Gasteiger partial charge on any atom is -0.490 e. The molecule has 1 aliphatic heterocycles. The summed E-state index contributed by atoms with van der Waals surface area (Å²) in [6.07, 6.45) is 2.92. The number of thioether (sulfide) groups is 1. The van der Waals surface area contributed by atoms with Crippen LogP contribution in [-0.2, 0) is 4.79 Å². The highest BCUT2D eigenvalue weighted by Gasteiger charge is 2.28. The van der Waals surface area contributed by atoms with Gasteiger partial charge < -0.3 is 14.2 Å². The van der Waals surface area contributed by atoms with Gasteiger partial charge >= 0.3 is 0 Å². The Labute approximate surface area is 213 Å². The van der Waals surface area contributed by atoms with Crippen molar-refractivity contribution in [2.75, 3.05) is 26.9 Å². The van der Waals surface area contributed by atoms with Gasteiger partial charge in [-0.05, 0) is 76.7 Å². The van der Waals surface area contributed by atoms with E-state index in [9.17, 15) is 4.79 Å². The molecule has 0 spiro atoms. The maximum absolute atomic E-state index is 12.3. The lowest BCUT2D eigenvalue weighted by atomic mass is 9.99. The number of nitrogens with zero attached hydrogens (tertiary/aromatic N) is 1. The van der Waals surface area contributed by atoms with Gasteiger partial charge in [-0.3, -0.25) is 9.69 Å². The number of carbonyl (C=O) groups excluding carboxylic acids is 1. The standard InChI is InChI=1S/C25H28BrNO4S2/c1-5-16(3)18-7-9-19(10-8-18)30-11-12-31-23-20(26)13-17(14-21(23)29-6-2)15-22-24(28)27(4)25(32)33-22/h7-10,13-16H,5-6,11-12H2,1-4H3. The SMILES string of the molecule is CCOc1cc(C=C2SC(=S)N(C)C2=O)cc(Br)c1OCCOc1ccc(C(C)CC)cc1. The summed E-state index contributed by atoms with van der Waals surface area (Å²) in [5.74, 6) is 2.46. The van der Waals surface area contributed by atoms with Crippen molar-refractivity contribution in [3.63, 3.8) is 0 Å². The first kappa shape index (κ1) is 25.6. The summed E-state index contributed by atoms with van der Waals surface area (Å²) in [4.78, 5) is 14.4. The molecular weight excluding hydrogens is 522 g/mol. The first-order valence-corrected chi connectivity index (χ1v) is 12.9. The number of likely N-dealkylation sites (N-methyl/N-ethyl adjacent to an activating group) is 1. The fourth-order valence-electron chi connectivity index (χ4n) is 3.20. The molecule has 1 fully saturated rings. The Morgan fingerprint density at radius 1 is 1.12 bits per heavy atom. The number of carbonyl (C=O) groups is 1. The van der Waals surface area contributed by atoms with E-state index in [-0.39, 0.29) is 5.91 Å². The zero-order valence-electron chi connectivity index (χ0n) is 19.2. The largest absolute Gasteiger partial charge is 0.490 e. The molecule has 3 rings (SSSR count). The summed E-state index contributed by atoms with van der Waals surface area (Å²) in [6, 6.07) is 12.0. The van der Waals surface area contributed by atoms with E-state index >= 15 is 0 Å². The molecule has 2 aromatic carbocycles. The minimum absolute atomic E-state index is 0.103. The van der Waals surface area contributed by atoms with E-state index in [1.807, 2.05) is 37.3 Å². The van der Waals surface area contributed by atoms with Gasteiger partial charge in [0.05, 0.1) is 16.0 Å². The van der Waals surface area contributed by atoms with E-state index < -0.39 is 0 Å². The number of halogens is 1. The fourth-order valence-corrected chi connectivity index (χ4v) is 4.96. The topological polar surface area (TPSA) is 48.0 Å². The summed E-state index contributed by atoms with van der Waals surface area (Å²) < 4.78 is 18.9. The molecule has 0 N–H and O–H groups in total. The monoisotopic (exact) mass is 549 g/mol. The molecule has 33 heavy (non-hydrogen) atoms. The van der Waals surface area contributed by atoms with Crippen molar-refractivity contribution in [2.45, 2.75) is 33.1 Å². The van der Waals surface area contributed by atoms with Crippen molar-refractivity contribution in [1.82, 2.24) is 4.90 Å². The van der Waals surface area contributed by atoms with Gasteiger partial charge in [-0.1, -0.05) is 50.0 Å². The summed E-state index contributed by atoms with van der Waals surface area (Å²) in [5.41, 5.74) is 2.14. The molecular formula is C25H28BrNO4S2. The van der Waals surface area contributed by atoms with Crippen LogP contribution in [0.4, 0.5) is 0 Å². The molecule has 0 aromatic heterocycles. The van der Waals surface area contributed by atoms with Gasteiger partial charge in [0.15, 0.2) is 11.5 Å². The van der Waals surface area contributed by atoms with Crippen LogP contribution in [0.1, 0.15) is 44.2 Å². The Morgan fingerprint density at radius 3 is 2.42 bits per heavy atom. The third-order valence-corrected chi connectivity index (χ3v) is 7.35. The average Bonchev–Trinajstić information content (AvgIpc) is 3.04. The summed E-state index contributed by atoms with van der Waals surface area (Å²) in [7, 11) is 1.68. The Bertz CT molecular complexity index is 1040. The predicted molar refractivity (Wildman–Crippen MR) is 142 cm³/mol. The zero-order chi connectivity index (χ0) is 24.0. The molecule has 5 nitrogen and oxygen atoms in total. The lowest BCUT2D eigenvalue weighted by Crippen LogP contribution is -2.22. The van der Waals surface area contributed by atoms with Crippen molar-refractivity contribution in [3.8, 4) is 17.2 Å². The van der Waals surface area contributed by atoms with Crippen LogP contribution in [0.15, 0.2) is 45.8 Å². The lowest BCUT2D eigenvalue weighted by Gasteiger charge is -2.15. The first-order valence-electron chi connectivity index (χ1n) is 10.9. The van der Waals surface area contributed by atoms with Gasteiger partial charge in [-0.15, -0.1) is 0 Å². The second-order valence-corrected chi connectivity index (χ2v) is 10.1. The molecule has 0 aliphatic carbocycles. The summed E-state index contributed by atoms with van der Waals surface area (Å²) in [6.45, 7) is 7.57. The van der Waals surface area contributed by atoms with Crippen LogP contribution in [0.25, 0.3) is 6.08 Å². The van der Waals surface area contributed by atoms with Crippen LogP contribution in [0.3, 0.4) is 0 Å². The van der Waals surface area contributed by atoms with E-state index in [4.69, 9.17) is 26.4 Å². The molecule has 8 heteroatoms. The quantitative estimate of drug-likeness (QED) is 0.188. The lowest BCUT2D eigenvalue weighted by molar-refractivity contribution is -0.121. The Kier molecular flexibility index (Phi) is 9.23. The van der Waals surface area contributed by atoms with Gasteiger partial charge in [0.25, 0.3) is 5.91 Å². The molecule has 0 saturated carbocycles. The van der Waals surface area contributed by atoms with Crippen molar-refractivity contribution in [1.29, 1.82) is 0 Å². The van der Waals surface area contributed by atoms with Gasteiger partial charge in [-0.25, -0.2) is 0 Å². The van der Waals surface area contributed by atoms with Gasteiger partial charge in [0.2, 0.25) is 0 Å². The molecule has 1 aliphatic rings. The smallest absolute Gasteiger partial charge is 0.265 e. The average molecular weight is 551 g/mol. The third-order valence-electron chi connectivity index (χ3n) is 5.28. The molecule has 2 aromatic rings. The van der Waals surface area contributed by atoms with E-state index in [1.54, 1.807) is 7.05 Å². The van der Waals surface area contributed by atoms with Crippen LogP contribution in [-0.4, -0.2) is 42.0 Å². The molecule has 1 amide bonds. The number of amides is 1. The number of thiocarbonyl (C=S) groups is 1. The van der Waals surface area contributed by atoms with Crippen molar-refractivity contribution < 1.29 is 19.0 Å². The third kappa shape index (κ3) is 6.52. The van der Waals surface area contributed by atoms with Crippen LogP contribution in [0, 0.1) is 0 Å². The number of rotatable bonds is 10. The van der Waals surface area contributed by atoms with Crippen LogP contribution >= 0.6 is 39.9 Å². The van der Waals surface area contributed by atoms with Gasteiger partial charge in [0.1, 0.15) is 23.3 Å². The van der Waals surface area contributed by atoms with E-state index in [1.165, 1.54) is 22.2 Å². The maximum atomic E-state index is 12.3. The number of hydrogen-bond donors (Lipinski definition) is 0. The second-order valence-electron chi connectivity index (χ2n) is 7.58. The zero-order valence-corrected chi connectivity index (χ0v) is 22.4. The molecule has 1 saturated heterocycles. The maximum Gasteiger partial charge on any atom is 0.265 e. The summed E-state index contributed by atoms with van der Waals surface area (Å²) >= 11 is 10.1. The number of ether oxygens (including phenoxy) is 3. The van der Waals surface area contributed by atoms with Crippen molar-refractivity contribution >= 4 is 56.2 Å². The van der Waals surface area contributed by atoms with Gasteiger partial charge in [-0.2, -0.15) is 0 Å². The van der Waals surface area contributed by atoms with Crippen LogP contribution in [0.2, 0.25) is 0 Å². The van der Waals surface area contributed by atoms with E-state index in [0.717, 1.165) is 22.2 Å². The van der Waals surface area contributed by atoms with E-state index in [0.29, 0.717) is 46.5 Å². The molecule has 0 radical (unpaired) electrons. The molecule has 176 valence electrons. The van der Waals surface area contributed by atoms with Crippen molar-refractivity contribution in [2.24, 2.45) is 0 Å². The molecule has 1 unspecified atom stereocenters. The van der Waals surface area contributed by atoms with Gasteiger partial charge in [0, 0.05) is 7.05 Å². The fraction of sp³-hybridized carbons (Fsp3) is 0.360. The van der Waals surface area contributed by atoms with E-state index in [2.05, 4.69) is 41.9 Å².